The van der Waals surface area contributed by atoms with E-state index in [4.69, 9.17) is 0 Å². The van der Waals surface area contributed by atoms with E-state index in [9.17, 15) is 15.3 Å². The molecule has 31 heavy (non-hydrogen) atoms. The van der Waals surface area contributed by atoms with Crippen molar-refractivity contribution in [3.8, 4) is 0 Å². The third kappa shape index (κ3) is 5.71. The molecule has 3 saturated carbocycles. The van der Waals surface area contributed by atoms with E-state index in [0.717, 1.165) is 36.3 Å². The van der Waals surface area contributed by atoms with E-state index in [1.807, 2.05) is 0 Å². The highest BCUT2D eigenvalue weighted by molar-refractivity contribution is 5.38. The Labute approximate surface area is 189 Å². The van der Waals surface area contributed by atoms with E-state index in [1.54, 1.807) is 5.57 Å². The van der Waals surface area contributed by atoms with Crippen LogP contribution in [-0.4, -0.2) is 39.1 Å². The van der Waals surface area contributed by atoms with Crippen molar-refractivity contribution in [2.45, 2.75) is 104 Å². The van der Waals surface area contributed by atoms with E-state index >= 15 is 0 Å². The monoisotopic (exact) mass is 434 g/mol. The lowest BCUT2D eigenvalue weighted by molar-refractivity contribution is 0.0717. The Balaban J connectivity index is 0.00000341. The van der Waals surface area contributed by atoms with Gasteiger partial charge in [-0.05, 0) is 91.6 Å². The van der Waals surface area contributed by atoms with Gasteiger partial charge >= 0.3 is 0 Å². The first kappa shape index (κ1) is 26.3. The highest BCUT2D eigenvalue weighted by atomic mass is 16.3. The molecule has 3 aliphatic rings. The van der Waals surface area contributed by atoms with Gasteiger partial charge in [0.15, 0.2) is 0 Å². The molecule has 5 N–H and O–H groups in total. The van der Waals surface area contributed by atoms with Gasteiger partial charge in [0.1, 0.15) is 0 Å². The highest BCUT2D eigenvalue weighted by Gasteiger charge is 2.50. The average Bonchev–Trinajstić information content (AvgIpc) is 3.04. The predicted molar refractivity (Wildman–Crippen MR) is 128 cm³/mol. The number of allylic oxidation sites excluding steroid dienone is 3. The van der Waals surface area contributed by atoms with Crippen LogP contribution in [0.25, 0.3) is 0 Å². The first-order valence-corrected chi connectivity index (χ1v) is 12.3. The van der Waals surface area contributed by atoms with Gasteiger partial charge in [0.2, 0.25) is 0 Å². The van der Waals surface area contributed by atoms with Crippen molar-refractivity contribution >= 4 is 0 Å². The molecule has 4 nitrogen and oxygen atoms in total. The molecule has 0 aromatic heterocycles. The van der Waals surface area contributed by atoms with Gasteiger partial charge in [0, 0.05) is 6.42 Å². The highest BCUT2D eigenvalue weighted by Crippen LogP contribution is 2.60. The van der Waals surface area contributed by atoms with E-state index in [-0.39, 0.29) is 11.6 Å². The van der Waals surface area contributed by atoms with E-state index in [0.29, 0.717) is 36.0 Å². The molecule has 0 heterocycles. The van der Waals surface area contributed by atoms with Crippen LogP contribution in [0.15, 0.2) is 35.5 Å². The molecule has 0 bridgehead atoms. The van der Waals surface area contributed by atoms with Crippen LogP contribution < -0.4 is 0 Å². The van der Waals surface area contributed by atoms with Crippen molar-refractivity contribution in [2.75, 3.05) is 0 Å². The first-order chi connectivity index (χ1) is 14.1. The van der Waals surface area contributed by atoms with Crippen LogP contribution in [0.3, 0.4) is 0 Å². The summed E-state index contributed by atoms with van der Waals surface area (Å²) < 4.78 is 0. The summed E-state index contributed by atoms with van der Waals surface area (Å²) in [4.78, 5) is 0. The quantitative estimate of drug-likeness (QED) is 0.564. The second kappa shape index (κ2) is 10.8. The number of fused-ring (bicyclic) bond motifs is 1. The zero-order valence-electron chi connectivity index (χ0n) is 20.1. The molecule has 0 unspecified atom stereocenters. The number of aliphatic hydroxyl groups is 3. The minimum absolute atomic E-state index is 0. The zero-order valence-corrected chi connectivity index (χ0v) is 20.1. The molecule has 0 radical (unpaired) electrons. The zero-order chi connectivity index (χ0) is 22.1. The lowest BCUT2D eigenvalue weighted by Crippen LogP contribution is -2.36. The maximum absolute atomic E-state index is 10.3. The molecule has 4 heteroatoms. The first-order valence-electron chi connectivity index (χ1n) is 12.3. The lowest BCUT2D eigenvalue weighted by atomic mass is 9.60. The maximum Gasteiger partial charge on any atom is 0.0811 e. The molecular weight excluding hydrogens is 388 g/mol. The Bertz CT molecular complexity index is 679. The molecule has 0 aromatic rings. The Morgan fingerprint density at radius 3 is 2.52 bits per heavy atom. The second-order valence-corrected chi connectivity index (χ2v) is 11.0. The Kier molecular flexibility index (Phi) is 9.15. The molecule has 3 aliphatic carbocycles. The molecule has 7 atom stereocenters. The summed E-state index contributed by atoms with van der Waals surface area (Å²) >= 11 is 0. The van der Waals surface area contributed by atoms with Crippen LogP contribution in [0.4, 0.5) is 0 Å². The van der Waals surface area contributed by atoms with Crippen molar-refractivity contribution < 1.29 is 20.8 Å². The summed E-state index contributed by atoms with van der Waals surface area (Å²) in [5.41, 5.74) is 3.69. The standard InChI is InChI=1S/C27H44O3.H2O/c1-17(2)25(29)13-8-18(3)23-11-12-24-20(7-6-14-27(23,24)5)9-10-21-15-22(28)16-26(30)19(21)4;/h9-10,17-18,22-26,28-30H,4,6-8,11-16H2,1-3,5H3;1H2/b20-9+,21-10?;/t18-,22-,23-,24+,25-,26+,27-;/m1./s1. The summed E-state index contributed by atoms with van der Waals surface area (Å²) in [6.07, 6.45) is 12.4. The van der Waals surface area contributed by atoms with Crippen molar-refractivity contribution in [3.63, 3.8) is 0 Å². The van der Waals surface area contributed by atoms with Gasteiger partial charge < -0.3 is 20.8 Å². The summed E-state index contributed by atoms with van der Waals surface area (Å²) in [5.74, 6) is 2.35. The van der Waals surface area contributed by atoms with Crippen LogP contribution in [0, 0.1) is 29.1 Å². The molecule has 3 rings (SSSR count). The molecular formula is C27H46O4. The summed E-state index contributed by atoms with van der Waals surface area (Å²) in [5, 5.41) is 30.4. The number of rotatable bonds is 6. The van der Waals surface area contributed by atoms with Gasteiger partial charge in [-0.1, -0.05) is 52.0 Å². The van der Waals surface area contributed by atoms with Gasteiger partial charge in [-0.25, -0.2) is 0 Å². The molecule has 0 saturated heterocycles. The molecule has 0 amide bonds. The molecule has 178 valence electrons. The van der Waals surface area contributed by atoms with Gasteiger partial charge in [-0.3, -0.25) is 0 Å². The van der Waals surface area contributed by atoms with Crippen LogP contribution in [0.1, 0.15) is 85.5 Å². The molecule has 0 aliphatic heterocycles. The van der Waals surface area contributed by atoms with Gasteiger partial charge in [-0.15, -0.1) is 0 Å². The van der Waals surface area contributed by atoms with Crippen molar-refractivity contribution in [1.29, 1.82) is 0 Å². The topological polar surface area (TPSA) is 92.2 Å². The van der Waals surface area contributed by atoms with E-state index < -0.39 is 12.2 Å². The maximum atomic E-state index is 10.3. The van der Waals surface area contributed by atoms with Gasteiger partial charge in [0.25, 0.3) is 0 Å². The normalized spacial score (nSPS) is 38.3. The third-order valence-corrected chi connectivity index (χ3v) is 8.68. The van der Waals surface area contributed by atoms with Crippen molar-refractivity contribution in [2.24, 2.45) is 29.1 Å². The molecule has 0 aromatic carbocycles. The SMILES string of the molecule is C=C1C(=C/C=C2\CCC[C@]3(C)[C@@H]([C@H](C)CC[C@@H](O)C(C)C)CC[C@@H]23)C[C@@H](O)C[C@@H]1O.O. The van der Waals surface area contributed by atoms with Crippen LogP contribution in [-0.2, 0) is 0 Å². The number of hydrogen-bond donors (Lipinski definition) is 3. The lowest BCUT2D eigenvalue weighted by Gasteiger charge is -2.44. The number of aliphatic hydroxyl groups excluding tert-OH is 3. The van der Waals surface area contributed by atoms with Crippen LogP contribution in [0.2, 0.25) is 0 Å². The molecule has 3 fully saturated rings. The predicted octanol–water partition coefficient (Wildman–Crippen LogP) is 4.74. The smallest absolute Gasteiger partial charge is 0.0811 e. The minimum atomic E-state index is -0.618. The van der Waals surface area contributed by atoms with Crippen LogP contribution >= 0.6 is 0 Å². The Hall–Kier alpha value is -0.940. The molecule has 0 spiro atoms. The van der Waals surface area contributed by atoms with Crippen molar-refractivity contribution in [1.82, 2.24) is 0 Å². The Morgan fingerprint density at radius 2 is 1.84 bits per heavy atom. The van der Waals surface area contributed by atoms with Gasteiger partial charge in [-0.2, -0.15) is 0 Å². The van der Waals surface area contributed by atoms with Gasteiger partial charge in [0.05, 0.1) is 18.3 Å². The third-order valence-electron chi connectivity index (χ3n) is 8.68. The second-order valence-electron chi connectivity index (χ2n) is 11.0. The van der Waals surface area contributed by atoms with Crippen molar-refractivity contribution in [3.05, 3.63) is 35.5 Å². The fourth-order valence-corrected chi connectivity index (χ4v) is 6.65. The summed E-state index contributed by atoms with van der Waals surface area (Å²) in [6, 6.07) is 0. The summed E-state index contributed by atoms with van der Waals surface area (Å²) in [6.45, 7) is 13.2. The van der Waals surface area contributed by atoms with E-state index in [2.05, 4.69) is 46.4 Å². The summed E-state index contributed by atoms with van der Waals surface area (Å²) in [7, 11) is 0. The fourth-order valence-electron chi connectivity index (χ4n) is 6.65. The van der Waals surface area contributed by atoms with Crippen LogP contribution in [0.5, 0.6) is 0 Å². The fraction of sp³-hybridized carbons (Fsp3) is 0.778. The minimum Gasteiger partial charge on any atom is -0.412 e. The Morgan fingerprint density at radius 1 is 1.13 bits per heavy atom. The van der Waals surface area contributed by atoms with E-state index in [1.165, 1.54) is 25.7 Å². The number of hydrogen-bond acceptors (Lipinski definition) is 3. The largest absolute Gasteiger partial charge is 0.412 e. The average molecular weight is 435 g/mol.